The molecule has 0 saturated carbocycles. The summed E-state index contributed by atoms with van der Waals surface area (Å²) in [6, 6.07) is 0. The Hall–Kier alpha value is -0.265. The quantitative estimate of drug-likeness (QED) is 0.397. The van der Waals surface area contributed by atoms with Crippen LogP contribution in [0.3, 0.4) is 0 Å². The van der Waals surface area contributed by atoms with E-state index in [2.05, 4.69) is 0 Å². The van der Waals surface area contributed by atoms with Crippen LogP contribution in [0.1, 0.15) is 0 Å². The molecule has 2 radical (unpaired) electrons. The first-order valence-electron chi connectivity index (χ1n) is 1.34. The summed E-state index contributed by atoms with van der Waals surface area (Å²) in [5, 5.41) is 0. The molecule has 0 fully saturated rings. The number of halogens is 1. The molecule has 0 unspecified atom stereocenters. The molecule has 0 amide bonds. The number of hydrogen-bond donors (Lipinski definition) is 0. The molecule has 0 spiro atoms. The van der Waals surface area contributed by atoms with E-state index in [1.54, 1.807) is 0 Å². The van der Waals surface area contributed by atoms with Gasteiger partial charge in [-0.05, 0) is 0 Å². The highest BCUT2D eigenvalue weighted by molar-refractivity contribution is 6.16. The van der Waals surface area contributed by atoms with Crippen LogP contribution >= 0.6 is 0 Å². The summed E-state index contributed by atoms with van der Waals surface area (Å²) in [6.07, 6.45) is 1.24. The summed E-state index contributed by atoms with van der Waals surface area (Å²) < 4.78 is 10.8. The summed E-state index contributed by atoms with van der Waals surface area (Å²) in [4.78, 5) is 0. The van der Waals surface area contributed by atoms with Gasteiger partial charge in [-0.2, -0.15) is 0 Å². The SMILES string of the molecule is [B]/C=C/CF. The van der Waals surface area contributed by atoms with Gasteiger partial charge in [-0.15, -0.1) is 5.98 Å². The zero-order chi connectivity index (χ0) is 4.12. The maximum absolute atomic E-state index is 10.8. The molecule has 5 heavy (non-hydrogen) atoms. The van der Waals surface area contributed by atoms with Crippen LogP contribution in [-0.2, 0) is 0 Å². The molecule has 0 bridgehead atoms. The van der Waals surface area contributed by atoms with Crippen LogP contribution in [0.25, 0.3) is 0 Å². The largest absolute Gasteiger partial charge is 0.247 e. The van der Waals surface area contributed by atoms with Crippen LogP contribution in [-0.4, -0.2) is 14.5 Å². The Balaban J connectivity index is 2.62. The van der Waals surface area contributed by atoms with E-state index < -0.39 is 6.67 Å². The van der Waals surface area contributed by atoms with Crippen molar-refractivity contribution < 1.29 is 4.39 Å². The molecule has 0 aliphatic heterocycles. The summed E-state index contributed by atoms with van der Waals surface area (Å²) in [6.45, 7) is -0.462. The number of hydrogen-bond acceptors (Lipinski definition) is 0. The molecule has 0 aromatic carbocycles. The minimum Gasteiger partial charge on any atom is -0.247 e. The van der Waals surface area contributed by atoms with E-state index in [9.17, 15) is 4.39 Å². The Bertz CT molecular complexity index is 33.9. The minimum absolute atomic E-state index is 0.462. The highest BCUT2D eigenvalue weighted by Crippen LogP contribution is 1.64. The van der Waals surface area contributed by atoms with Crippen molar-refractivity contribution in [3.8, 4) is 0 Å². The summed E-state index contributed by atoms with van der Waals surface area (Å²) in [5.74, 6) is 1.18. The lowest BCUT2D eigenvalue weighted by atomic mass is 10.1. The van der Waals surface area contributed by atoms with Gasteiger partial charge in [0.1, 0.15) is 14.5 Å². The highest BCUT2D eigenvalue weighted by Gasteiger charge is 1.56. The molecule has 0 aromatic heterocycles. The van der Waals surface area contributed by atoms with Crippen molar-refractivity contribution in [1.29, 1.82) is 0 Å². The van der Waals surface area contributed by atoms with Crippen molar-refractivity contribution in [1.82, 2.24) is 0 Å². The maximum atomic E-state index is 10.8. The maximum Gasteiger partial charge on any atom is 0.107 e. The first-order chi connectivity index (χ1) is 2.41. The summed E-state index contributed by atoms with van der Waals surface area (Å²) in [7, 11) is 4.72. The van der Waals surface area contributed by atoms with Crippen LogP contribution in [0.5, 0.6) is 0 Å². The lowest BCUT2D eigenvalue weighted by Gasteiger charge is -1.62. The first-order valence-corrected chi connectivity index (χ1v) is 1.34. The van der Waals surface area contributed by atoms with E-state index in [4.69, 9.17) is 7.85 Å². The fraction of sp³-hybridized carbons (Fsp3) is 0.333. The lowest BCUT2D eigenvalue weighted by molar-refractivity contribution is 0.562. The van der Waals surface area contributed by atoms with Crippen molar-refractivity contribution in [3.63, 3.8) is 0 Å². The zero-order valence-electron chi connectivity index (χ0n) is 2.82. The monoisotopic (exact) mass is 70.0 g/mol. The molecule has 0 N–H and O–H groups in total. The zero-order valence-corrected chi connectivity index (χ0v) is 2.82. The standard InChI is InChI=1S/C3H4BF/c4-2-1-3-5/h1-2H,3H2/b2-1+. The molecule has 2 heteroatoms. The van der Waals surface area contributed by atoms with Gasteiger partial charge < -0.3 is 0 Å². The number of alkyl halides is 1. The Morgan fingerprint density at radius 3 is 2.40 bits per heavy atom. The van der Waals surface area contributed by atoms with Gasteiger partial charge in [0.05, 0.1) is 0 Å². The lowest BCUT2D eigenvalue weighted by Crippen LogP contribution is -1.57. The van der Waals surface area contributed by atoms with Crippen LogP contribution in [0.4, 0.5) is 4.39 Å². The molecule has 26 valence electrons. The molecule has 0 nitrogen and oxygen atoms in total. The van der Waals surface area contributed by atoms with Crippen LogP contribution in [0.15, 0.2) is 12.1 Å². The number of rotatable bonds is 1. The molecule has 0 aromatic rings. The third-order valence-electron chi connectivity index (χ3n) is 0.225. The Morgan fingerprint density at radius 2 is 2.40 bits per heavy atom. The van der Waals surface area contributed by atoms with E-state index in [0.29, 0.717) is 0 Å². The van der Waals surface area contributed by atoms with Gasteiger partial charge in [0.25, 0.3) is 0 Å². The third-order valence-corrected chi connectivity index (χ3v) is 0.225. The van der Waals surface area contributed by atoms with Crippen molar-refractivity contribution >= 4 is 7.85 Å². The fourth-order valence-corrected chi connectivity index (χ4v) is 0.0514. The van der Waals surface area contributed by atoms with E-state index in [1.165, 1.54) is 12.1 Å². The topological polar surface area (TPSA) is 0 Å². The second kappa shape index (κ2) is 3.73. The Morgan fingerprint density at radius 1 is 1.80 bits per heavy atom. The van der Waals surface area contributed by atoms with Crippen LogP contribution in [0, 0.1) is 0 Å². The van der Waals surface area contributed by atoms with Gasteiger partial charge in [-0.3, -0.25) is 0 Å². The van der Waals surface area contributed by atoms with Gasteiger partial charge >= 0.3 is 0 Å². The van der Waals surface area contributed by atoms with Crippen molar-refractivity contribution in [3.05, 3.63) is 12.1 Å². The second-order valence-corrected chi connectivity index (χ2v) is 0.582. The van der Waals surface area contributed by atoms with Crippen molar-refractivity contribution in [2.45, 2.75) is 0 Å². The Kier molecular flexibility index (Phi) is 3.54. The predicted octanol–water partition coefficient (Wildman–Crippen LogP) is 0.638. The number of allylic oxidation sites excluding steroid dienone is 1. The van der Waals surface area contributed by atoms with Crippen molar-refractivity contribution in [2.24, 2.45) is 0 Å². The van der Waals surface area contributed by atoms with Gasteiger partial charge in [-0.25, -0.2) is 4.39 Å². The molecule has 0 aliphatic carbocycles. The van der Waals surface area contributed by atoms with Gasteiger partial charge in [0.2, 0.25) is 0 Å². The van der Waals surface area contributed by atoms with Gasteiger partial charge in [-0.1, -0.05) is 6.08 Å². The molecule has 0 rings (SSSR count). The van der Waals surface area contributed by atoms with E-state index >= 15 is 0 Å². The Labute approximate surface area is 32.1 Å². The molecule has 0 saturated heterocycles. The fourth-order valence-electron chi connectivity index (χ4n) is 0.0514. The van der Waals surface area contributed by atoms with Crippen LogP contribution in [0.2, 0.25) is 0 Å². The molecule has 0 heterocycles. The molecule has 0 aliphatic rings. The third kappa shape index (κ3) is 3.73. The van der Waals surface area contributed by atoms with Gasteiger partial charge in [0, 0.05) is 0 Å². The average Bonchev–Trinajstić information content (AvgIpc) is 1.41. The predicted molar refractivity (Wildman–Crippen MR) is 20.9 cm³/mol. The van der Waals surface area contributed by atoms with Gasteiger partial charge in [0.15, 0.2) is 0 Å². The molecule has 0 atom stereocenters. The highest BCUT2D eigenvalue weighted by atomic mass is 19.1. The molecular weight excluding hydrogens is 65.8 g/mol. The van der Waals surface area contributed by atoms with E-state index in [-0.39, 0.29) is 0 Å². The van der Waals surface area contributed by atoms with E-state index in [0.717, 1.165) is 0 Å². The minimum atomic E-state index is -0.462. The first kappa shape index (κ1) is 4.73. The smallest absolute Gasteiger partial charge is 0.107 e. The molecular formula is C3H4BF. The normalized spacial score (nSPS) is 9.80. The average molecular weight is 69.9 g/mol. The van der Waals surface area contributed by atoms with E-state index in [1.807, 2.05) is 0 Å². The summed E-state index contributed by atoms with van der Waals surface area (Å²) >= 11 is 0. The summed E-state index contributed by atoms with van der Waals surface area (Å²) in [5.41, 5.74) is 0. The van der Waals surface area contributed by atoms with Crippen LogP contribution < -0.4 is 0 Å². The second-order valence-electron chi connectivity index (χ2n) is 0.582. The van der Waals surface area contributed by atoms with Crippen molar-refractivity contribution in [2.75, 3.05) is 6.67 Å².